The second-order valence-electron chi connectivity index (χ2n) is 3.48. The fourth-order valence-electron chi connectivity index (χ4n) is 1.28. The highest BCUT2D eigenvalue weighted by Gasteiger charge is 2.07. The molecule has 1 N–H and O–H groups in total. The molecule has 0 bridgehead atoms. The topological polar surface area (TPSA) is 38.3 Å². The predicted molar refractivity (Wildman–Crippen MR) is 72.6 cm³/mol. The van der Waals surface area contributed by atoms with E-state index < -0.39 is 0 Å². The van der Waals surface area contributed by atoms with E-state index in [1.54, 1.807) is 0 Å². The van der Waals surface area contributed by atoms with Gasteiger partial charge in [0.15, 0.2) is 0 Å². The predicted octanol–water partition coefficient (Wildman–Crippen LogP) is 2.45. The Balaban J connectivity index is 2.43. The van der Waals surface area contributed by atoms with Crippen molar-refractivity contribution in [3.8, 4) is 0 Å². The van der Waals surface area contributed by atoms with Crippen molar-refractivity contribution in [1.29, 1.82) is 0 Å². The van der Waals surface area contributed by atoms with Gasteiger partial charge < -0.3 is 10.1 Å². The summed E-state index contributed by atoms with van der Waals surface area (Å²) in [4.78, 5) is 11.7. The smallest absolute Gasteiger partial charge is 0.251 e. The molecular formula is C12H16INO2. The van der Waals surface area contributed by atoms with Gasteiger partial charge in [-0.3, -0.25) is 4.79 Å². The Bertz CT molecular complexity index is 337. The first-order valence-corrected chi connectivity index (χ1v) is 6.36. The maximum atomic E-state index is 11.7. The van der Waals surface area contributed by atoms with Crippen LogP contribution in [-0.4, -0.2) is 25.2 Å². The van der Waals surface area contributed by atoms with Gasteiger partial charge in [0.05, 0.1) is 6.10 Å². The molecule has 1 rings (SSSR count). The molecule has 0 spiro atoms. The van der Waals surface area contributed by atoms with Crippen LogP contribution < -0.4 is 5.32 Å². The summed E-state index contributed by atoms with van der Waals surface area (Å²) in [6.07, 6.45) is 0.0535. The van der Waals surface area contributed by atoms with Crippen LogP contribution in [0.5, 0.6) is 0 Å². The molecule has 0 radical (unpaired) electrons. The Morgan fingerprint density at radius 3 is 2.62 bits per heavy atom. The Morgan fingerprint density at radius 2 is 2.06 bits per heavy atom. The van der Waals surface area contributed by atoms with Gasteiger partial charge in [0.1, 0.15) is 0 Å². The number of hydrogen-bond donors (Lipinski definition) is 1. The van der Waals surface area contributed by atoms with Crippen LogP contribution in [0.25, 0.3) is 0 Å². The Labute approximate surface area is 110 Å². The van der Waals surface area contributed by atoms with Gasteiger partial charge in [-0.05, 0) is 60.7 Å². The molecule has 0 saturated heterocycles. The standard InChI is InChI=1S/C12H16INO2/c1-3-16-9(2)8-14-12(15)10-4-6-11(13)7-5-10/h4-7,9H,3,8H2,1-2H3,(H,14,15). The molecule has 0 heterocycles. The number of carbonyl (C=O) groups is 1. The van der Waals surface area contributed by atoms with Crippen molar-refractivity contribution in [2.75, 3.05) is 13.2 Å². The highest BCUT2D eigenvalue weighted by atomic mass is 127. The van der Waals surface area contributed by atoms with Crippen molar-refractivity contribution in [3.05, 3.63) is 33.4 Å². The number of amides is 1. The van der Waals surface area contributed by atoms with Crippen LogP contribution in [-0.2, 0) is 4.74 Å². The third-order valence-electron chi connectivity index (χ3n) is 2.11. The number of ether oxygens (including phenoxy) is 1. The summed E-state index contributed by atoms with van der Waals surface area (Å²) in [6.45, 7) is 5.09. The second kappa shape index (κ2) is 6.85. The van der Waals surface area contributed by atoms with Crippen LogP contribution in [0.2, 0.25) is 0 Å². The van der Waals surface area contributed by atoms with Gasteiger partial charge in [-0.2, -0.15) is 0 Å². The van der Waals surface area contributed by atoms with E-state index in [-0.39, 0.29) is 12.0 Å². The lowest BCUT2D eigenvalue weighted by atomic mass is 10.2. The monoisotopic (exact) mass is 333 g/mol. The van der Waals surface area contributed by atoms with E-state index in [0.29, 0.717) is 18.7 Å². The molecule has 0 aliphatic heterocycles. The van der Waals surface area contributed by atoms with E-state index in [2.05, 4.69) is 27.9 Å². The minimum Gasteiger partial charge on any atom is -0.377 e. The number of benzene rings is 1. The molecule has 0 aromatic heterocycles. The van der Waals surface area contributed by atoms with Gasteiger partial charge in [-0.25, -0.2) is 0 Å². The summed E-state index contributed by atoms with van der Waals surface area (Å²) in [5, 5.41) is 2.84. The second-order valence-corrected chi connectivity index (χ2v) is 4.73. The Kier molecular flexibility index (Phi) is 5.76. The minimum atomic E-state index is -0.0528. The lowest BCUT2D eigenvalue weighted by Gasteiger charge is -2.12. The van der Waals surface area contributed by atoms with Gasteiger partial charge in [0.25, 0.3) is 5.91 Å². The fourth-order valence-corrected chi connectivity index (χ4v) is 1.64. The third kappa shape index (κ3) is 4.49. The van der Waals surface area contributed by atoms with Gasteiger partial charge in [0.2, 0.25) is 0 Å². The largest absolute Gasteiger partial charge is 0.377 e. The number of halogens is 1. The van der Waals surface area contributed by atoms with E-state index >= 15 is 0 Å². The number of rotatable bonds is 5. The zero-order chi connectivity index (χ0) is 12.0. The van der Waals surface area contributed by atoms with Gasteiger partial charge in [-0.15, -0.1) is 0 Å². The lowest BCUT2D eigenvalue weighted by Crippen LogP contribution is -2.32. The maximum absolute atomic E-state index is 11.7. The first-order chi connectivity index (χ1) is 7.63. The normalized spacial score (nSPS) is 12.2. The average Bonchev–Trinajstić information content (AvgIpc) is 2.27. The third-order valence-corrected chi connectivity index (χ3v) is 2.83. The highest BCUT2D eigenvalue weighted by molar-refractivity contribution is 14.1. The molecule has 0 fully saturated rings. The molecule has 1 unspecified atom stereocenters. The molecule has 0 aliphatic carbocycles. The van der Waals surface area contributed by atoms with Gasteiger partial charge >= 0.3 is 0 Å². The number of nitrogens with one attached hydrogen (secondary N) is 1. The maximum Gasteiger partial charge on any atom is 0.251 e. The van der Waals surface area contributed by atoms with Crippen molar-refractivity contribution in [1.82, 2.24) is 5.32 Å². The van der Waals surface area contributed by atoms with E-state index in [1.807, 2.05) is 38.1 Å². The summed E-state index contributed by atoms with van der Waals surface area (Å²) in [7, 11) is 0. The first kappa shape index (κ1) is 13.4. The molecule has 3 nitrogen and oxygen atoms in total. The van der Waals surface area contributed by atoms with Crippen LogP contribution in [0, 0.1) is 3.57 Å². The van der Waals surface area contributed by atoms with Crippen LogP contribution in [0.1, 0.15) is 24.2 Å². The highest BCUT2D eigenvalue weighted by Crippen LogP contribution is 2.06. The SMILES string of the molecule is CCOC(C)CNC(=O)c1ccc(I)cc1. The number of hydrogen-bond acceptors (Lipinski definition) is 2. The van der Waals surface area contributed by atoms with E-state index in [0.717, 1.165) is 3.57 Å². The Morgan fingerprint density at radius 1 is 1.44 bits per heavy atom. The van der Waals surface area contributed by atoms with Gasteiger partial charge in [0, 0.05) is 22.3 Å². The quantitative estimate of drug-likeness (QED) is 0.841. The van der Waals surface area contributed by atoms with E-state index in [9.17, 15) is 4.79 Å². The average molecular weight is 333 g/mol. The molecule has 0 aliphatic rings. The molecule has 0 saturated carbocycles. The molecule has 1 aromatic rings. The van der Waals surface area contributed by atoms with Crippen LogP contribution in [0.15, 0.2) is 24.3 Å². The molecule has 1 atom stereocenters. The molecule has 4 heteroatoms. The molecule has 1 aromatic carbocycles. The molecule has 16 heavy (non-hydrogen) atoms. The Hall–Kier alpha value is -0.620. The van der Waals surface area contributed by atoms with Crippen molar-refractivity contribution < 1.29 is 9.53 Å². The van der Waals surface area contributed by atoms with Crippen molar-refractivity contribution >= 4 is 28.5 Å². The van der Waals surface area contributed by atoms with E-state index in [1.165, 1.54) is 0 Å². The van der Waals surface area contributed by atoms with Gasteiger partial charge in [-0.1, -0.05) is 0 Å². The summed E-state index contributed by atoms with van der Waals surface area (Å²) in [5.74, 6) is -0.0528. The van der Waals surface area contributed by atoms with Crippen molar-refractivity contribution in [2.24, 2.45) is 0 Å². The van der Waals surface area contributed by atoms with Crippen molar-refractivity contribution in [2.45, 2.75) is 20.0 Å². The van der Waals surface area contributed by atoms with Crippen LogP contribution in [0.3, 0.4) is 0 Å². The van der Waals surface area contributed by atoms with Crippen molar-refractivity contribution in [3.63, 3.8) is 0 Å². The molecular weight excluding hydrogens is 317 g/mol. The zero-order valence-electron chi connectivity index (χ0n) is 9.50. The molecule has 88 valence electrons. The summed E-state index contributed by atoms with van der Waals surface area (Å²) < 4.78 is 6.45. The number of carbonyl (C=O) groups excluding carboxylic acids is 1. The van der Waals surface area contributed by atoms with Crippen LogP contribution in [0.4, 0.5) is 0 Å². The van der Waals surface area contributed by atoms with E-state index in [4.69, 9.17) is 4.74 Å². The molecule has 1 amide bonds. The summed E-state index contributed by atoms with van der Waals surface area (Å²) >= 11 is 2.21. The zero-order valence-corrected chi connectivity index (χ0v) is 11.7. The summed E-state index contributed by atoms with van der Waals surface area (Å²) in [6, 6.07) is 7.48. The first-order valence-electron chi connectivity index (χ1n) is 5.29. The minimum absolute atomic E-state index is 0.0528. The fraction of sp³-hybridized carbons (Fsp3) is 0.417. The summed E-state index contributed by atoms with van der Waals surface area (Å²) in [5.41, 5.74) is 0.684. The van der Waals surface area contributed by atoms with Crippen LogP contribution >= 0.6 is 22.6 Å². The lowest BCUT2D eigenvalue weighted by molar-refractivity contribution is 0.0695.